The number of benzene rings is 1. The number of aromatic carboxylic acids is 1. The van der Waals surface area contributed by atoms with Gasteiger partial charge >= 0.3 is 5.97 Å². The van der Waals surface area contributed by atoms with Gasteiger partial charge in [0, 0.05) is 31.5 Å². The van der Waals surface area contributed by atoms with Crippen LogP contribution in [-0.2, 0) is 6.54 Å². The van der Waals surface area contributed by atoms with E-state index in [9.17, 15) is 4.79 Å². The number of aromatic nitrogens is 2. The summed E-state index contributed by atoms with van der Waals surface area (Å²) in [4.78, 5) is 21.5. The van der Waals surface area contributed by atoms with E-state index in [-0.39, 0.29) is 11.6 Å². The maximum Gasteiger partial charge on any atom is 0.338 e. The van der Waals surface area contributed by atoms with Crippen LogP contribution in [0.15, 0.2) is 42.7 Å². The average molecular weight is 326 g/mol. The van der Waals surface area contributed by atoms with Crippen LogP contribution in [0.1, 0.15) is 29.3 Å². The maximum atomic E-state index is 10.8. The van der Waals surface area contributed by atoms with Crippen molar-refractivity contribution in [2.24, 2.45) is 5.92 Å². The molecule has 0 bridgehead atoms. The molecule has 1 aliphatic rings. The van der Waals surface area contributed by atoms with Crippen molar-refractivity contribution in [3.63, 3.8) is 0 Å². The minimum absolute atomic E-state index is 0.100. The fourth-order valence-electron chi connectivity index (χ4n) is 3.09. The molecule has 1 aromatic carbocycles. The van der Waals surface area contributed by atoms with Gasteiger partial charge in [0.25, 0.3) is 0 Å². The number of nitrogens with one attached hydrogen (secondary N) is 1. The van der Waals surface area contributed by atoms with Crippen molar-refractivity contribution in [1.82, 2.24) is 14.9 Å². The van der Waals surface area contributed by atoms with Gasteiger partial charge in [-0.05, 0) is 31.4 Å². The third-order valence-electron chi connectivity index (χ3n) is 4.52. The lowest BCUT2D eigenvalue weighted by atomic mass is 10.0. The van der Waals surface area contributed by atoms with Gasteiger partial charge in [-0.3, -0.25) is 4.90 Å². The number of carbonyl (C=O) groups is 1. The third-order valence-corrected chi connectivity index (χ3v) is 4.52. The van der Waals surface area contributed by atoms with Gasteiger partial charge in [-0.1, -0.05) is 30.3 Å². The first kappa shape index (κ1) is 16.4. The Morgan fingerprint density at radius 1 is 1.33 bits per heavy atom. The van der Waals surface area contributed by atoms with E-state index >= 15 is 0 Å². The van der Waals surface area contributed by atoms with Crippen molar-refractivity contribution < 1.29 is 9.90 Å². The van der Waals surface area contributed by atoms with E-state index in [0.717, 1.165) is 26.1 Å². The highest BCUT2D eigenvalue weighted by atomic mass is 16.4. The van der Waals surface area contributed by atoms with Gasteiger partial charge < -0.3 is 10.4 Å². The zero-order valence-electron chi connectivity index (χ0n) is 13.7. The Morgan fingerprint density at radius 2 is 2.04 bits per heavy atom. The van der Waals surface area contributed by atoms with Crippen molar-refractivity contribution in [2.75, 3.05) is 18.4 Å². The summed E-state index contributed by atoms with van der Waals surface area (Å²) in [5, 5.41) is 12.2. The quantitative estimate of drug-likeness (QED) is 0.849. The molecular weight excluding hydrogens is 304 g/mol. The predicted molar refractivity (Wildman–Crippen MR) is 91.9 cm³/mol. The van der Waals surface area contributed by atoms with Crippen molar-refractivity contribution in [1.29, 1.82) is 0 Å². The molecule has 0 radical (unpaired) electrons. The summed E-state index contributed by atoms with van der Waals surface area (Å²) in [5.41, 5.74) is 1.44. The summed E-state index contributed by atoms with van der Waals surface area (Å²) < 4.78 is 0. The number of hydrogen-bond acceptors (Lipinski definition) is 5. The van der Waals surface area contributed by atoms with Gasteiger partial charge in [-0.2, -0.15) is 0 Å². The molecule has 0 saturated carbocycles. The van der Waals surface area contributed by atoms with Crippen molar-refractivity contribution in [3.8, 4) is 0 Å². The fraction of sp³-hybridized carbons (Fsp3) is 0.389. The highest BCUT2D eigenvalue weighted by Gasteiger charge is 2.27. The molecule has 2 unspecified atom stereocenters. The van der Waals surface area contributed by atoms with Crippen LogP contribution in [0.5, 0.6) is 0 Å². The lowest BCUT2D eigenvalue weighted by Crippen LogP contribution is -2.29. The molecule has 2 aromatic rings. The second kappa shape index (κ2) is 7.40. The van der Waals surface area contributed by atoms with Crippen LogP contribution in [0.25, 0.3) is 0 Å². The average Bonchev–Trinajstić information content (AvgIpc) is 3.05. The van der Waals surface area contributed by atoms with Gasteiger partial charge in [-0.25, -0.2) is 14.8 Å². The summed E-state index contributed by atoms with van der Waals surface area (Å²) >= 11 is 0. The smallest absolute Gasteiger partial charge is 0.338 e. The topological polar surface area (TPSA) is 78.3 Å². The van der Waals surface area contributed by atoms with Gasteiger partial charge in [0.1, 0.15) is 0 Å². The van der Waals surface area contributed by atoms with E-state index in [1.165, 1.54) is 18.0 Å². The third kappa shape index (κ3) is 4.08. The molecule has 3 rings (SSSR count). The SMILES string of the molecule is CC(Nc1ncc(C(=O)O)cn1)C1CCN(Cc2ccccc2)C1. The summed E-state index contributed by atoms with van der Waals surface area (Å²) in [7, 11) is 0. The van der Waals surface area contributed by atoms with E-state index in [1.807, 2.05) is 6.07 Å². The lowest BCUT2D eigenvalue weighted by molar-refractivity contribution is 0.0696. The van der Waals surface area contributed by atoms with Crippen LogP contribution in [0.2, 0.25) is 0 Å². The van der Waals surface area contributed by atoms with E-state index in [4.69, 9.17) is 5.11 Å². The Labute approximate surface area is 141 Å². The number of hydrogen-bond donors (Lipinski definition) is 2. The minimum atomic E-state index is -1.01. The van der Waals surface area contributed by atoms with Crippen LogP contribution in [0, 0.1) is 5.92 Å². The standard InChI is InChI=1S/C18H22N4O2/c1-13(21-18-19-9-16(10-20-18)17(23)24)15-7-8-22(12-15)11-14-5-3-2-4-6-14/h2-6,9-10,13,15H,7-8,11-12H2,1H3,(H,23,24)(H,19,20,21). The number of carboxylic acids is 1. The van der Waals surface area contributed by atoms with Crippen molar-refractivity contribution in [3.05, 3.63) is 53.9 Å². The van der Waals surface area contributed by atoms with Gasteiger partial charge in [-0.15, -0.1) is 0 Å². The summed E-state index contributed by atoms with van der Waals surface area (Å²) in [6, 6.07) is 10.7. The monoisotopic (exact) mass is 326 g/mol. The van der Waals surface area contributed by atoms with E-state index in [1.54, 1.807) is 0 Å². The Kier molecular flexibility index (Phi) is 5.05. The summed E-state index contributed by atoms with van der Waals surface area (Å²) in [5.74, 6) is -0.00702. The van der Waals surface area contributed by atoms with Gasteiger partial charge in [0.05, 0.1) is 5.56 Å². The van der Waals surface area contributed by atoms with E-state index in [2.05, 4.69) is 51.4 Å². The van der Waals surface area contributed by atoms with Crippen LogP contribution in [0.3, 0.4) is 0 Å². The molecule has 6 nitrogen and oxygen atoms in total. The second-order valence-electron chi connectivity index (χ2n) is 6.30. The molecule has 1 aromatic heterocycles. The molecule has 1 aliphatic heterocycles. The largest absolute Gasteiger partial charge is 0.478 e. The lowest BCUT2D eigenvalue weighted by Gasteiger charge is -2.21. The normalized spacial score (nSPS) is 19.1. The Bertz CT molecular complexity index is 675. The fourth-order valence-corrected chi connectivity index (χ4v) is 3.09. The highest BCUT2D eigenvalue weighted by molar-refractivity contribution is 5.86. The first-order valence-corrected chi connectivity index (χ1v) is 8.20. The zero-order chi connectivity index (χ0) is 16.9. The Hall–Kier alpha value is -2.47. The van der Waals surface area contributed by atoms with Crippen LogP contribution >= 0.6 is 0 Å². The van der Waals surface area contributed by atoms with Crippen molar-refractivity contribution >= 4 is 11.9 Å². The molecular formula is C18H22N4O2. The summed E-state index contributed by atoms with van der Waals surface area (Å²) in [6.07, 6.45) is 3.80. The second-order valence-corrected chi connectivity index (χ2v) is 6.30. The van der Waals surface area contributed by atoms with Crippen molar-refractivity contribution in [2.45, 2.75) is 25.9 Å². The molecule has 2 N–H and O–H groups in total. The summed E-state index contributed by atoms with van der Waals surface area (Å²) in [6.45, 7) is 5.24. The molecule has 2 atom stereocenters. The molecule has 126 valence electrons. The molecule has 1 saturated heterocycles. The predicted octanol–water partition coefficient (Wildman–Crippen LogP) is 2.50. The number of carboxylic acid groups (broad SMARTS) is 1. The number of rotatable bonds is 6. The zero-order valence-corrected chi connectivity index (χ0v) is 13.7. The molecule has 0 spiro atoms. The molecule has 2 heterocycles. The van der Waals surface area contributed by atoms with Crippen LogP contribution in [0.4, 0.5) is 5.95 Å². The van der Waals surface area contributed by atoms with Gasteiger partial charge in [0.15, 0.2) is 0 Å². The molecule has 0 amide bonds. The molecule has 1 fully saturated rings. The van der Waals surface area contributed by atoms with Crippen LogP contribution in [-0.4, -0.2) is 45.1 Å². The number of likely N-dealkylation sites (tertiary alicyclic amines) is 1. The molecule has 0 aliphatic carbocycles. The Balaban J connectivity index is 1.52. The minimum Gasteiger partial charge on any atom is -0.478 e. The number of anilines is 1. The maximum absolute atomic E-state index is 10.8. The molecule has 6 heteroatoms. The van der Waals surface area contributed by atoms with E-state index in [0.29, 0.717) is 11.9 Å². The molecule has 24 heavy (non-hydrogen) atoms. The first-order valence-electron chi connectivity index (χ1n) is 8.20. The van der Waals surface area contributed by atoms with Crippen LogP contribution < -0.4 is 5.32 Å². The highest BCUT2D eigenvalue weighted by Crippen LogP contribution is 2.23. The number of nitrogens with zero attached hydrogens (tertiary/aromatic N) is 3. The van der Waals surface area contributed by atoms with E-state index < -0.39 is 5.97 Å². The Morgan fingerprint density at radius 3 is 2.71 bits per heavy atom. The first-order chi connectivity index (χ1) is 11.6. The van der Waals surface area contributed by atoms with Gasteiger partial charge in [0.2, 0.25) is 5.95 Å².